The highest BCUT2D eigenvalue weighted by Gasteiger charge is 2.25. The van der Waals surface area contributed by atoms with Gasteiger partial charge in [0.25, 0.3) is 0 Å². The van der Waals surface area contributed by atoms with E-state index < -0.39 is 6.10 Å². The molecule has 0 heterocycles. The maximum atomic E-state index is 11.1. The Bertz CT molecular complexity index is 145. The van der Waals surface area contributed by atoms with Crippen LogP contribution in [-0.2, 0) is 4.79 Å². The molecule has 0 saturated carbocycles. The number of Topliss-reactive ketones (excluding diaryl/α,β-unsaturated/α-hetero) is 1. The van der Waals surface area contributed by atoms with Crippen molar-refractivity contribution in [3.05, 3.63) is 0 Å². The smallest absolute Gasteiger partial charge is 0.135 e. The van der Waals surface area contributed by atoms with Crippen molar-refractivity contribution in [2.75, 3.05) is 4.43 Å². The van der Waals surface area contributed by atoms with Crippen LogP contribution in [0.15, 0.2) is 0 Å². The molecule has 0 unspecified atom stereocenters. The molecule has 12 heavy (non-hydrogen) atoms. The van der Waals surface area contributed by atoms with Crippen molar-refractivity contribution >= 4 is 28.4 Å². The second kappa shape index (κ2) is 5.91. The fourth-order valence-electron chi connectivity index (χ4n) is 1.20. The molecule has 2 nitrogen and oxygen atoms in total. The molecule has 0 aliphatic rings. The molecule has 3 heteroatoms. The van der Waals surface area contributed by atoms with Gasteiger partial charge in [-0.15, -0.1) is 0 Å². The van der Waals surface area contributed by atoms with Crippen LogP contribution >= 0.6 is 22.6 Å². The minimum Gasteiger partial charge on any atom is -0.392 e. The lowest BCUT2D eigenvalue weighted by Gasteiger charge is -2.22. The van der Waals surface area contributed by atoms with Crippen molar-refractivity contribution < 1.29 is 9.90 Å². The van der Waals surface area contributed by atoms with Crippen LogP contribution in [0.2, 0.25) is 0 Å². The Labute approximate surface area is 87.9 Å². The van der Waals surface area contributed by atoms with E-state index >= 15 is 0 Å². The Morgan fingerprint density at radius 1 is 1.50 bits per heavy atom. The van der Waals surface area contributed by atoms with Crippen LogP contribution in [0.1, 0.15) is 27.2 Å². The van der Waals surface area contributed by atoms with E-state index in [0.29, 0.717) is 0 Å². The van der Waals surface area contributed by atoms with Gasteiger partial charge in [0.05, 0.1) is 6.10 Å². The zero-order valence-electron chi connectivity index (χ0n) is 7.88. The Balaban J connectivity index is 4.18. The topological polar surface area (TPSA) is 37.3 Å². The number of aliphatic hydroxyl groups is 1. The number of aliphatic hydroxyl groups excluding tert-OH is 1. The normalized spacial score (nSPS) is 16.2. The monoisotopic (exact) mass is 284 g/mol. The number of hydrogen-bond acceptors (Lipinski definition) is 2. The number of carbonyl (C=O) groups excluding carboxylic acids is 1. The van der Waals surface area contributed by atoms with Crippen molar-refractivity contribution in [2.24, 2.45) is 11.8 Å². The molecule has 2 atom stereocenters. The third-order valence-electron chi connectivity index (χ3n) is 2.04. The van der Waals surface area contributed by atoms with Crippen LogP contribution in [0, 0.1) is 11.8 Å². The molecule has 0 fully saturated rings. The van der Waals surface area contributed by atoms with E-state index in [1.807, 2.05) is 13.8 Å². The van der Waals surface area contributed by atoms with E-state index in [1.54, 1.807) is 6.92 Å². The summed E-state index contributed by atoms with van der Waals surface area (Å²) in [4.78, 5) is 11.1. The SMILES string of the molecule is CC(=O)[C@H](CCI)[C@H](O)C(C)C. The summed E-state index contributed by atoms with van der Waals surface area (Å²) in [6.45, 7) is 5.43. The number of alkyl halides is 1. The van der Waals surface area contributed by atoms with Crippen LogP contribution in [0.3, 0.4) is 0 Å². The summed E-state index contributed by atoms with van der Waals surface area (Å²) in [6, 6.07) is 0. The van der Waals surface area contributed by atoms with Gasteiger partial charge in [0, 0.05) is 10.3 Å². The molecule has 0 aromatic rings. The van der Waals surface area contributed by atoms with Gasteiger partial charge in [-0.25, -0.2) is 0 Å². The van der Waals surface area contributed by atoms with E-state index in [2.05, 4.69) is 22.6 Å². The molecule has 0 bridgehead atoms. The predicted molar refractivity (Wildman–Crippen MR) is 58.5 cm³/mol. The molecule has 0 radical (unpaired) electrons. The number of ketones is 1. The maximum absolute atomic E-state index is 11.1. The Hall–Kier alpha value is 0.360. The van der Waals surface area contributed by atoms with Crippen molar-refractivity contribution in [3.63, 3.8) is 0 Å². The third kappa shape index (κ3) is 3.85. The van der Waals surface area contributed by atoms with Crippen molar-refractivity contribution in [2.45, 2.75) is 33.3 Å². The molecule has 0 amide bonds. The Morgan fingerprint density at radius 2 is 2.00 bits per heavy atom. The predicted octanol–water partition coefficient (Wildman–Crippen LogP) is 2.03. The molecule has 0 aliphatic heterocycles. The second-order valence-corrected chi connectivity index (χ2v) is 4.51. The summed E-state index contributed by atoms with van der Waals surface area (Å²) >= 11 is 2.23. The average Bonchev–Trinajstić information content (AvgIpc) is 1.98. The van der Waals surface area contributed by atoms with Crippen LogP contribution in [-0.4, -0.2) is 21.4 Å². The van der Waals surface area contributed by atoms with Gasteiger partial charge in [0.1, 0.15) is 5.78 Å². The zero-order chi connectivity index (χ0) is 9.72. The maximum Gasteiger partial charge on any atom is 0.135 e. The first-order valence-corrected chi connectivity index (χ1v) is 5.77. The molecular formula is C9H17IO2. The molecule has 0 aliphatic carbocycles. The first kappa shape index (κ1) is 12.4. The van der Waals surface area contributed by atoms with Crippen molar-refractivity contribution in [1.82, 2.24) is 0 Å². The average molecular weight is 284 g/mol. The molecule has 0 spiro atoms. The van der Waals surface area contributed by atoms with Crippen LogP contribution in [0.25, 0.3) is 0 Å². The van der Waals surface area contributed by atoms with Gasteiger partial charge in [-0.3, -0.25) is 4.79 Å². The fraction of sp³-hybridized carbons (Fsp3) is 0.889. The van der Waals surface area contributed by atoms with E-state index in [0.717, 1.165) is 10.8 Å². The highest BCUT2D eigenvalue weighted by molar-refractivity contribution is 14.1. The van der Waals surface area contributed by atoms with E-state index in [4.69, 9.17) is 0 Å². The van der Waals surface area contributed by atoms with Crippen LogP contribution in [0.5, 0.6) is 0 Å². The summed E-state index contributed by atoms with van der Waals surface area (Å²) in [5.41, 5.74) is 0. The molecule has 72 valence electrons. The summed E-state index contributed by atoms with van der Waals surface area (Å²) in [5.74, 6) is 0.108. The van der Waals surface area contributed by atoms with E-state index in [1.165, 1.54) is 0 Å². The highest BCUT2D eigenvalue weighted by atomic mass is 127. The molecule has 0 rings (SSSR count). The third-order valence-corrected chi connectivity index (χ3v) is 2.66. The summed E-state index contributed by atoms with van der Waals surface area (Å²) in [7, 11) is 0. The van der Waals surface area contributed by atoms with Gasteiger partial charge in [-0.2, -0.15) is 0 Å². The first-order valence-electron chi connectivity index (χ1n) is 4.25. The quantitative estimate of drug-likeness (QED) is 0.619. The summed E-state index contributed by atoms with van der Waals surface area (Å²) < 4.78 is 0.922. The summed E-state index contributed by atoms with van der Waals surface area (Å²) in [6.07, 6.45) is 0.312. The number of rotatable bonds is 5. The lowest BCUT2D eigenvalue weighted by atomic mass is 9.88. The molecule has 0 saturated heterocycles. The van der Waals surface area contributed by atoms with Gasteiger partial charge in [0.15, 0.2) is 0 Å². The van der Waals surface area contributed by atoms with Gasteiger partial charge in [-0.05, 0) is 19.3 Å². The lowest BCUT2D eigenvalue weighted by molar-refractivity contribution is -0.125. The highest BCUT2D eigenvalue weighted by Crippen LogP contribution is 2.18. The summed E-state index contributed by atoms with van der Waals surface area (Å²) in [5, 5.41) is 9.66. The molecule has 0 aromatic heterocycles. The zero-order valence-corrected chi connectivity index (χ0v) is 10.0. The fourth-order valence-corrected chi connectivity index (χ4v) is 1.87. The lowest BCUT2D eigenvalue weighted by Crippen LogP contribution is -2.31. The second-order valence-electron chi connectivity index (χ2n) is 3.43. The van der Waals surface area contributed by atoms with Crippen molar-refractivity contribution in [3.8, 4) is 0 Å². The molecular weight excluding hydrogens is 267 g/mol. The van der Waals surface area contributed by atoms with Gasteiger partial charge in [-0.1, -0.05) is 36.4 Å². The molecule has 1 N–H and O–H groups in total. The number of halogens is 1. The first-order chi connectivity index (χ1) is 5.50. The van der Waals surface area contributed by atoms with E-state index in [9.17, 15) is 9.90 Å². The van der Waals surface area contributed by atoms with Gasteiger partial charge >= 0.3 is 0 Å². The standard InChI is InChI=1S/C9H17IO2/c1-6(2)9(12)8(4-5-10)7(3)11/h6,8-9,12H,4-5H2,1-3H3/t8-,9+/m0/s1. The van der Waals surface area contributed by atoms with Crippen LogP contribution < -0.4 is 0 Å². The Morgan fingerprint density at radius 3 is 2.25 bits per heavy atom. The number of carbonyl (C=O) groups is 1. The number of hydrogen-bond donors (Lipinski definition) is 1. The van der Waals surface area contributed by atoms with Gasteiger partial charge in [0.2, 0.25) is 0 Å². The Kier molecular flexibility index (Phi) is 6.09. The van der Waals surface area contributed by atoms with Crippen LogP contribution in [0.4, 0.5) is 0 Å². The largest absolute Gasteiger partial charge is 0.392 e. The van der Waals surface area contributed by atoms with E-state index in [-0.39, 0.29) is 17.6 Å². The minimum atomic E-state index is -0.475. The van der Waals surface area contributed by atoms with Crippen molar-refractivity contribution in [1.29, 1.82) is 0 Å². The van der Waals surface area contributed by atoms with Gasteiger partial charge < -0.3 is 5.11 Å². The minimum absolute atomic E-state index is 0.105. The molecule has 0 aromatic carbocycles.